The van der Waals surface area contributed by atoms with Crippen molar-refractivity contribution in [2.75, 3.05) is 23.9 Å². The molecule has 0 unspecified atom stereocenters. The van der Waals surface area contributed by atoms with Crippen molar-refractivity contribution in [3.8, 4) is 0 Å². The second kappa shape index (κ2) is 8.74. The predicted octanol–water partition coefficient (Wildman–Crippen LogP) is 1.37. The van der Waals surface area contributed by atoms with E-state index in [0.29, 0.717) is 26.6 Å². The third kappa shape index (κ3) is 6.09. The van der Waals surface area contributed by atoms with Crippen LogP contribution in [0.2, 0.25) is 0 Å². The summed E-state index contributed by atoms with van der Waals surface area (Å²) >= 11 is 5.50. The van der Waals surface area contributed by atoms with Crippen LogP contribution in [0.4, 0.5) is 10.1 Å². The summed E-state index contributed by atoms with van der Waals surface area (Å²) in [4.78, 5) is 0. The fourth-order valence-electron chi connectivity index (χ4n) is 1.58. The van der Waals surface area contributed by atoms with E-state index in [1.54, 1.807) is 12.1 Å². The zero-order valence-corrected chi connectivity index (χ0v) is 18.4. The van der Waals surface area contributed by atoms with Gasteiger partial charge < -0.3 is 0 Å². The van der Waals surface area contributed by atoms with Gasteiger partial charge in [0, 0.05) is 0 Å². The predicted molar refractivity (Wildman–Crippen MR) is 95.5 cm³/mol. The van der Waals surface area contributed by atoms with Crippen molar-refractivity contribution in [2.24, 2.45) is 0 Å². The zero-order chi connectivity index (χ0) is 17.7. The Morgan fingerprint density at radius 2 is 2.21 bits per heavy atom. The van der Waals surface area contributed by atoms with Gasteiger partial charge in [-0.05, 0) is 0 Å². The van der Waals surface area contributed by atoms with Crippen molar-refractivity contribution >= 4 is 69.1 Å². The molecule has 24 heavy (non-hydrogen) atoms. The van der Waals surface area contributed by atoms with Crippen LogP contribution in [-0.4, -0.2) is 63.0 Å². The average molecular weight is 542 g/mol. The van der Waals surface area contributed by atoms with Crippen molar-refractivity contribution < 1.29 is 17.4 Å². The maximum atomic E-state index is 13.3. The molecule has 0 saturated heterocycles. The molecule has 0 fully saturated rings. The van der Waals surface area contributed by atoms with Gasteiger partial charge in [-0.25, -0.2) is 0 Å². The molecule has 2 rings (SSSR count). The number of sulfonamides is 1. The second-order valence-electron chi connectivity index (χ2n) is 4.56. The van der Waals surface area contributed by atoms with Gasteiger partial charge in [0.05, 0.1) is 0 Å². The van der Waals surface area contributed by atoms with Crippen LogP contribution in [-0.2, 0) is 10.0 Å². The Morgan fingerprint density at radius 3 is 2.88 bits per heavy atom. The molecule has 7 nitrogen and oxygen atoms in total. The Bertz CT molecular complexity index is 847. The summed E-state index contributed by atoms with van der Waals surface area (Å²) in [7, 11) is -3.21. The molecule has 2 N–H and O–H groups in total. The van der Waals surface area contributed by atoms with E-state index in [9.17, 15) is 12.8 Å². The molecule has 0 saturated carbocycles. The molecule has 0 amide bonds. The quantitative estimate of drug-likeness (QED) is 0.296. The van der Waals surface area contributed by atoms with Crippen LogP contribution in [0.25, 0.3) is 0 Å². The van der Waals surface area contributed by atoms with Gasteiger partial charge in [0.1, 0.15) is 0 Å². The third-order valence-corrected chi connectivity index (χ3v) is 5.91. The van der Waals surface area contributed by atoms with Gasteiger partial charge in [-0.3, -0.25) is 0 Å². The van der Waals surface area contributed by atoms with Crippen molar-refractivity contribution in [1.29, 1.82) is 0 Å². The van der Waals surface area contributed by atoms with E-state index in [1.165, 1.54) is 17.8 Å². The third-order valence-electron chi connectivity index (χ3n) is 2.59. The fraction of sp³-hybridized carbons (Fsp3) is 0.250. The molecule has 0 aliphatic heterocycles. The van der Waals surface area contributed by atoms with E-state index in [1.807, 2.05) is 0 Å². The van der Waals surface area contributed by atoms with Gasteiger partial charge in [0.2, 0.25) is 0 Å². The molecular formula is C12H12BrFN4O3S2Sn. The number of anilines is 1. The summed E-state index contributed by atoms with van der Waals surface area (Å²) in [6.07, 6.45) is 1.10. The molecule has 12 heteroatoms. The number of benzene rings is 1. The first-order chi connectivity index (χ1) is 11.3. The van der Waals surface area contributed by atoms with E-state index in [2.05, 4.69) is 36.3 Å². The van der Waals surface area contributed by atoms with Crippen LogP contribution in [0.5, 0.6) is 0 Å². The van der Waals surface area contributed by atoms with E-state index in [4.69, 9.17) is 4.63 Å². The van der Waals surface area contributed by atoms with E-state index in [0.717, 1.165) is 31.9 Å². The molecule has 1 heterocycles. The first-order valence-corrected chi connectivity index (χ1v) is 11.6. The van der Waals surface area contributed by atoms with Gasteiger partial charge >= 0.3 is 165 Å². The Balaban J connectivity index is 1.98. The van der Waals surface area contributed by atoms with Crippen LogP contribution in [0.15, 0.2) is 32.3 Å². The molecule has 0 bridgehead atoms. The standard InChI is InChI=1S/C12H12BrFN4O3S2.Sn/c1-23(19,20)16-4-5-22-12-11(17-21-18-12)7-15-8-2-3-10(14)9(13)6-8;/h2-3,6,15-16H,4-5H2,1H3;. The van der Waals surface area contributed by atoms with Crippen LogP contribution in [0.3, 0.4) is 0 Å². The minimum atomic E-state index is -3.21. The van der Waals surface area contributed by atoms with Crippen LogP contribution in [0, 0.1) is 5.82 Å². The van der Waals surface area contributed by atoms with Crippen LogP contribution in [0.1, 0.15) is 5.69 Å². The Hall–Kier alpha value is -0.501. The summed E-state index contributed by atoms with van der Waals surface area (Å²) < 4.78 is 43.6. The van der Waals surface area contributed by atoms with E-state index in [-0.39, 0.29) is 12.4 Å². The molecule has 2 aromatic rings. The number of hydrogen-bond donors (Lipinski definition) is 2. The Kier molecular flexibility index (Phi) is 7.22. The molecule has 128 valence electrons. The number of nitrogens with one attached hydrogen (secondary N) is 2. The summed E-state index contributed by atoms with van der Waals surface area (Å²) in [6.45, 7) is 0.278. The van der Waals surface area contributed by atoms with Gasteiger partial charge in [0.25, 0.3) is 0 Å². The second-order valence-corrected chi connectivity index (χ2v) is 9.76. The number of nitrogens with zero attached hydrogens (tertiary/aromatic N) is 2. The normalized spacial score (nSPS) is 11.5. The first kappa shape index (κ1) is 19.8. The van der Waals surface area contributed by atoms with E-state index < -0.39 is 10.0 Å². The van der Waals surface area contributed by atoms with Gasteiger partial charge in [-0.1, -0.05) is 0 Å². The molecular weight excluding hydrogens is 530 g/mol. The molecule has 2 radical (unpaired) electrons. The molecule has 0 aliphatic rings. The number of thioether (sulfide) groups is 1. The summed E-state index contributed by atoms with van der Waals surface area (Å²) in [5.74, 6) is 0.142. The minimum absolute atomic E-state index is 0.278. The molecule has 0 spiro atoms. The average Bonchev–Trinajstić information content (AvgIpc) is 2.95. The molecule has 1 aromatic heterocycles. The number of halogens is 2. The summed E-state index contributed by atoms with van der Waals surface area (Å²) in [6, 6.07) is 4.58. The molecule has 0 atom stereocenters. The van der Waals surface area contributed by atoms with Crippen molar-refractivity contribution in [3.05, 3.63) is 34.2 Å². The number of aromatic nitrogens is 2. The van der Waals surface area contributed by atoms with Crippen LogP contribution >= 0.6 is 27.7 Å². The number of hydrogen-bond acceptors (Lipinski definition) is 7. The van der Waals surface area contributed by atoms with Gasteiger partial charge in [-0.2, -0.15) is 0 Å². The zero-order valence-electron chi connectivity index (χ0n) is 12.3. The molecule has 1 aromatic carbocycles. The van der Waals surface area contributed by atoms with Crippen molar-refractivity contribution in [2.45, 2.75) is 5.03 Å². The van der Waals surface area contributed by atoms with Crippen LogP contribution < -0.4 is 10.0 Å². The number of rotatable bonds is 8. The first-order valence-electron chi connectivity index (χ1n) is 6.47. The fourth-order valence-corrected chi connectivity index (χ4v) is 4.46. The maximum absolute atomic E-state index is 13.3. The van der Waals surface area contributed by atoms with Gasteiger partial charge in [0.15, 0.2) is 0 Å². The topological polar surface area (TPSA) is 97.1 Å². The molecule has 0 aliphatic carbocycles. The van der Waals surface area contributed by atoms with Gasteiger partial charge in [-0.15, -0.1) is 0 Å². The summed E-state index contributed by atoms with van der Waals surface area (Å²) in [5, 5.41) is 11.4. The van der Waals surface area contributed by atoms with Crippen molar-refractivity contribution in [1.82, 2.24) is 15.0 Å². The van der Waals surface area contributed by atoms with E-state index >= 15 is 0 Å². The Labute approximate surface area is 163 Å². The van der Waals surface area contributed by atoms with Crippen molar-refractivity contribution in [3.63, 3.8) is 0 Å². The SMILES string of the molecule is CS(=O)(=O)NCCSc1nonc1[C](=[Sn])Nc1ccc(F)c(Br)c1. The summed E-state index contributed by atoms with van der Waals surface area (Å²) in [5.41, 5.74) is 1.26. The monoisotopic (exact) mass is 542 g/mol. The Morgan fingerprint density at radius 1 is 1.46 bits per heavy atom.